The van der Waals surface area contributed by atoms with Gasteiger partial charge in [-0.05, 0) is 36.8 Å². The number of halogens is 1. The second-order valence-electron chi connectivity index (χ2n) is 5.23. The number of nitrogens with one attached hydrogen (secondary N) is 2. The van der Waals surface area contributed by atoms with Gasteiger partial charge in [0.25, 0.3) is 0 Å². The molecule has 0 bridgehead atoms. The standard InChI is InChI=1S/C17H16BrN3O/c1-11(17-20-14-4-2-3-5-15(14)21-17)19-16(22)10-12-6-8-13(18)9-7-12/h2-9,11H,10H2,1H3,(H,19,22)(H,20,21)/t11-/m0/s1. The van der Waals surface area contributed by atoms with Gasteiger partial charge in [-0.15, -0.1) is 0 Å². The Bertz CT molecular complexity index is 762. The molecule has 0 unspecified atom stereocenters. The highest BCUT2D eigenvalue weighted by Crippen LogP contribution is 2.16. The molecule has 1 atom stereocenters. The number of hydrogen-bond donors (Lipinski definition) is 2. The number of imidazole rings is 1. The Morgan fingerprint density at radius 1 is 1.23 bits per heavy atom. The van der Waals surface area contributed by atoms with Gasteiger partial charge in [0.15, 0.2) is 0 Å². The normalized spacial score (nSPS) is 12.3. The Balaban J connectivity index is 1.66. The summed E-state index contributed by atoms with van der Waals surface area (Å²) in [6.07, 6.45) is 0.359. The Kier molecular flexibility index (Phi) is 4.24. The fraction of sp³-hybridized carbons (Fsp3) is 0.176. The summed E-state index contributed by atoms with van der Waals surface area (Å²) in [5.41, 5.74) is 2.87. The van der Waals surface area contributed by atoms with Crippen molar-refractivity contribution in [1.82, 2.24) is 15.3 Å². The predicted octanol–water partition coefficient (Wildman–Crippen LogP) is 3.75. The number of aromatic amines is 1. The molecule has 3 rings (SSSR count). The zero-order valence-electron chi connectivity index (χ0n) is 12.1. The van der Waals surface area contributed by atoms with Gasteiger partial charge in [0.05, 0.1) is 23.5 Å². The molecule has 2 N–H and O–H groups in total. The number of nitrogens with zero attached hydrogens (tertiary/aromatic N) is 1. The van der Waals surface area contributed by atoms with Gasteiger partial charge in [-0.3, -0.25) is 4.79 Å². The van der Waals surface area contributed by atoms with Crippen LogP contribution in [0, 0.1) is 0 Å². The molecule has 0 saturated carbocycles. The van der Waals surface area contributed by atoms with Crippen LogP contribution in [0.25, 0.3) is 11.0 Å². The van der Waals surface area contributed by atoms with Crippen LogP contribution in [0.15, 0.2) is 53.0 Å². The third-order valence-electron chi connectivity index (χ3n) is 3.47. The van der Waals surface area contributed by atoms with Crippen molar-refractivity contribution in [3.63, 3.8) is 0 Å². The quantitative estimate of drug-likeness (QED) is 0.746. The van der Waals surface area contributed by atoms with Gasteiger partial charge in [-0.25, -0.2) is 4.98 Å². The zero-order valence-corrected chi connectivity index (χ0v) is 13.7. The summed E-state index contributed by atoms with van der Waals surface area (Å²) in [6.45, 7) is 1.93. The molecule has 2 aromatic carbocycles. The average molecular weight is 358 g/mol. The van der Waals surface area contributed by atoms with E-state index in [4.69, 9.17) is 0 Å². The number of benzene rings is 2. The number of para-hydroxylation sites is 2. The topological polar surface area (TPSA) is 57.8 Å². The van der Waals surface area contributed by atoms with Crippen molar-refractivity contribution in [1.29, 1.82) is 0 Å². The van der Waals surface area contributed by atoms with Crippen LogP contribution in [0.1, 0.15) is 24.4 Å². The second kappa shape index (κ2) is 6.32. The van der Waals surface area contributed by atoms with Crippen molar-refractivity contribution >= 4 is 32.9 Å². The Morgan fingerprint density at radius 2 is 1.95 bits per heavy atom. The van der Waals surface area contributed by atoms with E-state index in [1.54, 1.807) is 0 Å². The molecule has 0 aliphatic heterocycles. The molecular weight excluding hydrogens is 342 g/mol. The maximum atomic E-state index is 12.1. The number of fused-ring (bicyclic) bond motifs is 1. The zero-order chi connectivity index (χ0) is 15.5. The van der Waals surface area contributed by atoms with Crippen LogP contribution in [0.2, 0.25) is 0 Å². The number of carbonyl (C=O) groups is 1. The molecule has 0 radical (unpaired) electrons. The van der Waals surface area contributed by atoms with Crippen LogP contribution in [-0.2, 0) is 11.2 Å². The summed E-state index contributed by atoms with van der Waals surface area (Å²) in [5.74, 6) is 0.751. The monoisotopic (exact) mass is 357 g/mol. The van der Waals surface area contributed by atoms with E-state index in [0.717, 1.165) is 26.9 Å². The molecule has 1 aromatic heterocycles. The number of aromatic nitrogens is 2. The minimum atomic E-state index is -0.157. The lowest BCUT2D eigenvalue weighted by Gasteiger charge is -2.11. The Labute approximate surface area is 137 Å². The number of amides is 1. The smallest absolute Gasteiger partial charge is 0.224 e. The minimum absolute atomic E-state index is 0.0183. The molecule has 1 heterocycles. The summed E-state index contributed by atoms with van der Waals surface area (Å²) < 4.78 is 1.01. The first-order valence-electron chi connectivity index (χ1n) is 7.10. The number of carbonyl (C=O) groups excluding carboxylic acids is 1. The summed E-state index contributed by atoms with van der Waals surface area (Å²) >= 11 is 3.39. The molecule has 4 nitrogen and oxygen atoms in total. The molecule has 0 spiro atoms. The van der Waals surface area contributed by atoms with Crippen molar-refractivity contribution in [2.45, 2.75) is 19.4 Å². The highest BCUT2D eigenvalue weighted by atomic mass is 79.9. The Morgan fingerprint density at radius 3 is 2.68 bits per heavy atom. The van der Waals surface area contributed by atoms with E-state index in [9.17, 15) is 4.79 Å². The fourth-order valence-electron chi connectivity index (χ4n) is 2.33. The molecule has 0 aliphatic rings. The van der Waals surface area contributed by atoms with E-state index < -0.39 is 0 Å². The molecule has 5 heteroatoms. The van der Waals surface area contributed by atoms with Gasteiger partial charge < -0.3 is 10.3 Å². The summed E-state index contributed by atoms with van der Waals surface area (Å²) in [7, 11) is 0. The highest BCUT2D eigenvalue weighted by Gasteiger charge is 2.13. The third-order valence-corrected chi connectivity index (χ3v) is 4.00. The lowest BCUT2D eigenvalue weighted by Crippen LogP contribution is -2.28. The third kappa shape index (κ3) is 3.36. The summed E-state index contributed by atoms with van der Waals surface area (Å²) in [6, 6.07) is 15.4. The number of H-pyrrole nitrogens is 1. The van der Waals surface area contributed by atoms with E-state index in [-0.39, 0.29) is 11.9 Å². The lowest BCUT2D eigenvalue weighted by molar-refractivity contribution is -0.121. The predicted molar refractivity (Wildman–Crippen MR) is 90.5 cm³/mol. The van der Waals surface area contributed by atoms with Crippen LogP contribution < -0.4 is 5.32 Å². The van der Waals surface area contributed by atoms with E-state index >= 15 is 0 Å². The molecule has 0 aliphatic carbocycles. The van der Waals surface area contributed by atoms with E-state index in [0.29, 0.717) is 6.42 Å². The number of hydrogen-bond acceptors (Lipinski definition) is 2. The second-order valence-corrected chi connectivity index (χ2v) is 6.15. The van der Waals surface area contributed by atoms with E-state index in [1.165, 1.54) is 0 Å². The van der Waals surface area contributed by atoms with Crippen molar-refractivity contribution < 1.29 is 4.79 Å². The first-order valence-corrected chi connectivity index (χ1v) is 7.89. The van der Waals surface area contributed by atoms with Gasteiger partial charge in [-0.1, -0.05) is 40.2 Å². The minimum Gasteiger partial charge on any atom is -0.346 e. The fourth-order valence-corrected chi connectivity index (χ4v) is 2.59. The molecule has 22 heavy (non-hydrogen) atoms. The average Bonchev–Trinajstić information content (AvgIpc) is 2.93. The largest absolute Gasteiger partial charge is 0.346 e. The van der Waals surface area contributed by atoms with Crippen LogP contribution in [0.3, 0.4) is 0 Å². The summed E-state index contributed by atoms with van der Waals surface area (Å²) in [5, 5.41) is 2.98. The van der Waals surface area contributed by atoms with E-state index in [1.807, 2.05) is 55.5 Å². The highest BCUT2D eigenvalue weighted by molar-refractivity contribution is 9.10. The van der Waals surface area contributed by atoms with Crippen LogP contribution in [0.4, 0.5) is 0 Å². The molecular formula is C17H16BrN3O. The van der Waals surface area contributed by atoms with E-state index in [2.05, 4.69) is 31.2 Å². The molecule has 0 saturated heterocycles. The first-order chi connectivity index (χ1) is 10.6. The number of rotatable bonds is 4. The molecule has 112 valence electrons. The van der Waals surface area contributed by atoms with Gasteiger partial charge >= 0.3 is 0 Å². The maximum Gasteiger partial charge on any atom is 0.224 e. The molecule has 3 aromatic rings. The first kappa shape index (κ1) is 14.8. The lowest BCUT2D eigenvalue weighted by atomic mass is 10.1. The van der Waals surface area contributed by atoms with Crippen LogP contribution >= 0.6 is 15.9 Å². The SMILES string of the molecule is C[C@H](NC(=O)Cc1ccc(Br)cc1)c1nc2ccccc2[nH]1. The van der Waals surface area contributed by atoms with Gasteiger partial charge in [0.2, 0.25) is 5.91 Å². The van der Waals surface area contributed by atoms with Gasteiger partial charge in [-0.2, -0.15) is 0 Å². The van der Waals surface area contributed by atoms with Crippen molar-refractivity contribution in [3.8, 4) is 0 Å². The van der Waals surface area contributed by atoms with Crippen molar-refractivity contribution in [2.24, 2.45) is 0 Å². The maximum absolute atomic E-state index is 12.1. The van der Waals surface area contributed by atoms with Crippen molar-refractivity contribution in [2.75, 3.05) is 0 Å². The summed E-state index contributed by atoms with van der Waals surface area (Å²) in [4.78, 5) is 19.9. The van der Waals surface area contributed by atoms with Crippen LogP contribution in [-0.4, -0.2) is 15.9 Å². The van der Waals surface area contributed by atoms with Gasteiger partial charge in [0.1, 0.15) is 5.82 Å². The molecule has 0 fully saturated rings. The van der Waals surface area contributed by atoms with Crippen LogP contribution in [0.5, 0.6) is 0 Å². The van der Waals surface area contributed by atoms with Gasteiger partial charge in [0, 0.05) is 4.47 Å². The van der Waals surface area contributed by atoms with Crippen molar-refractivity contribution in [3.05, 3.63) is 64.4 Å². The molecule has 1 amide bonds. The Hall–Kier alpha value is -2.14.